The molecule has 3 rings (SSSR count). The number of nitrogens with zero attached hydrogens (tertiary/aromatic N) is 2. The van der Waals surface area contributed by atoms with E-state index in [-0.39, 0.29) is 0 Å². The molecule has 2 aromatic rings. The fraction of sp³-hybridized carbons (Fsp3) is 0.308. The highest BCUT2D eigenvalue weighted by atomic mass is 19.2. The van der Waals surface area contributed by atoms with Crippen molar-refractivity contribution in [2.75, 3.05) is 23.7 Å². The van der Waals surface area contributed by atoms with E-state index in [4.69, 9.17) is 5.73 Å². The quantitative estimate of drug-likeness (QED) is 0.876. The molecule has 1 saturated heterocycles. The number of aromatic amines is 1. The van der Waals surface area contributed by atoms with E-state index in [1.165, 1.54) is 12.1 Å². The molecule has 19 heavy (non-hydrogen) atoms. The van der Waals surface area contributed by atoms with Gasteiger partial charge in [-0.05, 0) is 18.9 Å². The second kappa shape index (κ2) is 4.53. The number of nitrogen functional groups attached to an aromatic ring is 1. The number of rotatable bonds is 2. The third-order valence-electron chi connectivity index (χ3n) is 3.37. The van der Waals surface area contributed by atoms with Gasteiger partial charge in [0.15, 0.2) is 11.6 Å². The van der Waals surface area contributed by atoms with E-state index in [1.807, 2.05) is 0 Å². The van der Waals surface area contributed by atoms with E-state index >= 15 is 0 Å². The average Bonchev–Trinajstić information content (AvgIpc) is 3.03. The highest BCUT2D eigenvalue weighted by molar-refractivity contribution is 5.77. The molecule has 0 bridgehead atoms. The summed E-state index contributed by atoms with van der Waals surface area (Å²) in [5, 5.41) is 6.57. The fourth-order valence-corrected chi connectivity index (χ4v) is 2.45. The SMILES string of the molecule is Nc1cc(-c2cc(F)c(F)cc2N2CCCC2)[nH]n1. The largest absolute Gasteiger partial charge is 0.382 e. The van der Waals surface area contributed by atoms with Crippen LogP contribution in [0.1, 0.15) is 12.8 Å². The summed E-state index contributed by atoms with van der Waals surface area (Å²) in [7, 11) is 0. The van der Waals surface area contributed by atoms with Crippen LogP contribution in [0.15, 0.2) is 18.2 Å². The Morgan fingerprint density at radius 1 is 1.11 bits per heavy atom. The lowest BCUT2D eigenvalue weighted by Gasteiger charge is -2.21. The van der Waals surface area contributed by atoms with Crippen LogP contribution in [0.4, 0.5) is 20.3 Å². The molecule has 0 spiro atoms. The van der Waals surface area contributed by atoms with Crippen molar-refractivity contribution < 1.29 is 8.78 Å². The maximum Gasteiger partial charge on any atom is 0.160 e. The monoisotopic (exact) mass is 264 g/mol. The molecule has 0 aliphatic carbocycles. The van der Waals surface area contributed by atoms with Gasteiger partial charge < -0.3 is 10.6 Å². The molecule has 1 aliphatic heterocycles. The van der Waals surface area contributed by atoms with Gasteiger partial charge in [0.2, 0.25) is 0 Å². The van der Waals surface area contributed by atoms with Crippen molar-refractivity contribution >= 4 is 11.5 Å². The van der Waals surface area contributed by atoms with Crippen molar-refractivity contribution in [3.05, 3.63) is 29.8 Å². The van der Waals surface area contributed by atoms with Crippen LogP contribution >= 0.6 is 0 Å². The molecule has 0 saturated carbocycles. The van der Waals surface area contributed by atoms with E-state index in [9.17, 15) is 8.78 Å². The zero-order valence-electron chi connectivity index (χ0n) is 10.3. The van der Waals surface area contributed by atoms with Gasteiger partial charge in [-0.2, -0.15) is 5.10 Å². The minimum atomic E-state index is -0.869. The first-order valence-corrected chi connectivity index (χ1v) is 6.20. The summed E-state index contributed by atoms with van der Waals surface area (Å²) in [4.78, 5) is 2.05. The predicted octanol–water partition coefficient (Wildman–Crippen LogP) is 2.54. The predicted molar refractivity (Wildman–Crippen MR) is 69.8 cm³/mol. The molecule has 3 N–H and O–H groups in total. The zero-order valence-corrected chi connectivity index (χ0v) is 10.3. The third kappa shape index (κ3) is 2.14. The number of anilines is 2. The smallest absolute Gasteiger partial charge is 0.160 e. The van der Waals surface area contributed by atoms with E-state index in [2.05, 4.69) is 15.1 Å². The van der Waals surface area contributed by atoms with Gasteiger partial charge in [-0.15, -0.1) is 0 Å². The second-order valence-corrected chi connectivity index (χ2v) is 4.68. The van der Waals surface area contributed by atoms with Gasteiger partial charge in [0, 0.05) is 36.5 Å². The topological polar surface area (TPSA) is 57.9 Å². The van der Waals surface area contributed by atoms with Gasteiger partial charge in [-0.3, -0.25) is 5.10 Å². The zero-order chi connectivity index (χ0) is 13.4. The number of hydrogen-bond donors (Lipinski definition) is 2. The lowest BCUT2D eigenvalue weighted by Crippen LogP contribution is -2.19. The van der Waals surface area contributed by atoms with Gasteiger partial charge >= 0.3 is 0 Å². The minimum Gasteiger partial charge on any atom is -0.382 e. The lowest BCUT2D eigenvalue weighted by molar-refractivity contribution is 0.509. The van der Waals surface area contributed by atoms with Crippen molar-refractivity contribution in [2.24, 2.45) is 0 Å². The Hall–Kier alpha value is -2.11. The van der Waals surface area contributed by atoms with E-state index < -0.39 is 11.6 Å². The number of aromatic nitrogens is 2. The van der Waals surface area contributed by atoms with Gasteiger partial charge in [-0.25, -0.2) is 8.78 Å². The van der Waals surface area contributed by atoms with Crippen LogP contribution < -0.4 is 10.6 Å². The summed E-state index contributed by atoms with van der Waals surface area (Å²) in [6.45, 7) is 1.70. The van der Waals surface area contributed by atoms with Gasteiger partial charge in [0.25, 0.3) is 0 Å². The summed E-state index contributed by atoms with van der Waals surface area (Å²) >= 11 is 0. The minimum absolute atomic E-state index is 0.326. The molecule has 0 amide bonds. The number of nitrogens with two attached hydrogens (primary N) is 1. The molecule has 0 atom stereocenters. The van der Waals surface area contributed by atoms with Crippen LogP contribution in [0.2, 0.25) is 0 Å². The first-order chi connectivity index (χ1) is 9.15. The first-order valence-electron chi connectivity index (χ1n) is 6.20. The van der Waals surface area contributed by atoms with Crippen LogP contribution in [0.5, 0.6) is 0 Å². The molecule has 2 heterocycles. The summed E-state index contributed by atoms with van der Waals surface area (Å²) in [6, 6.07) is 4.05. The molecule has 4 nitrogen and oxygen atoms in total. The summed E-state index contributed by atoms with van der Waals surface area (Å²) < 4.78 is 27.0. The standard InChI is InChI=1S/C13H14F2N4/c14-9-5-8(11-7-13(16)18-17-11)12(6-10(9)15)19-3-1-2-4-19/h5-7H,1-4H2,(H3,16,17,18). The molecule has 6 heteroatoms. The second-order valence-electron chi connectivity index (χ2n) is 4.68. The van der Waals surface area contributed by atoms with E-state index in [0.717, 1.165) is 25.9 Å². The molecule has 1 aliphatic rings. The Morgan fingerprint density at radius 3 is 2.42 bits per heavy atom. The Balaban J connectivity index is 2.12. The summed E-state index contributed by atoms with van der Waals surface area (Å²) in [6.07, 6.45) is 2.12. The molecule has 100 valence electrons. The van der Waals surface area contributed by atoms with Crippen molar-refractivity contribution in [1.82, 2.24) is 10.2 Å². The van der Waals surface area contributed by atoms with Gasteiger partial charge in [0.05, 0.1) is 5.69 Å². The Morgan fingerprint density at radius 2 is 1.79 bits per heavy atom. The number of halogens is 2. The number of H-pyrrole nitrogens is 1. The third-order valence-corrected chi connectivity index (χ3v) is 3.37. The highest BCUT2D eigenvalue weighted by Crippen LogP contribution is 2.34. The molecule has 0 unspecified atom stereocenters. The number of benzene rings is 1. The molecular formula is C13H14F2N4. The van der Waals surface area contributed by atoms with Crippen LogP contribution in [0.3, 0.4) is 0 Å². The van der Waals surface area contributed by atoms with Gasteiger partial charge in [0.1, 0.15) is 5.82 Å². The van der Waals surface area contributed by atoms with Crippen LogP contribution in [0.25, 0.3) is 11.3 Å². The summed E-state index contributed by atoms with van der Waals surface area (Å²) in [5.41, 5.74) is 7.43. The Labute approximate surface area is 109 Å². The highest BCUT2D eigenvalue weighted by Gasteiger charge is 2.20. The maximum absolute atomic E-state index is 13.5. The number of nitrogens with one attached hydrogen (secondary N) is 1. The van der Waals surface area contributed by atoms with Crippen molar-refractivity contribution in [3.63, 3.8) is 0 Å². The molecule has 1 aromatic carbocycles. The normalized spacial score (nSPS) is 15.2. The first kappa shape index (κ1) is 12.0. The Kier molecular flexibility index (Phi) is 2.85. The van der Waals surface area contributed by atoms with E-state index in [1.54, 1.807) is 6.07 Å². The van der Waals surface area contributed by atoms with Crippen LogP contribution in [0, 0.1) is 11.6 Å². The van der Waals surface area contributed by atoms with Gasteiger partial charge in [-0.1, -0.05) is 0 Å². The molecular weight excluding hydrogens is 250 g/mol. The summed E-state index contributed by atoms with van der Waals surface area (Å²) in [5.74, 6) is -1.38. The number of hydrogen-bond acceptors (Lipinski definition) is 3. The van der Waals surface area contributed by atoms with Crippen LogP contribution in [-0.2, 0) is 0 Å². The fourth-order valence-electron chi connectivity index (χ4n) is 2.45. The lowest BCUT2D eigenvalue weighted by atomic mass is 10.1. The molecule has 1 fully saturated rings. The van der Waals surface area contributed by atoms with Crippen molar-refractivity contribution in [3.8, 4) is 11.3 Å². The molecule has 1 aromatic heterocycles. The maximum atomic E-state index is 13.5. The van der Waals surface area contributed by atoms with E-state index in [0.29, 0.717) is 22.8 Å². The molecule has 0 radical (unpaired) electrons. The Bertz CT molecular complexity index is 603. The average molecular weight is 264 g/mol. The van der Waals surface area contributed by atoms with Crippen LogP contribution in [-0.4, -0.2) is 23.3 Å². The van der Waals surface area contributed by atoms with Crippen molar-refractivity contribution in [1.29, 1.82) is 0 Å². The van der Waals surface area contributed by atoms with Crippen molar-refractivity contribution in [2.45, 2.75) is 12.8 Å².